The maximum Gasteiger partial charge on any atom is 0.243 e. The topological polar surface area (TPSA) is 49.4 Å². The lowest BCUT2D eigenvalue weighted by Gasteiger charge is -2.31. The number of nitrogens with one attached hydrogen (secondary N) is 1. The zero-order chi connectivity index (χ0) is 25.0. The van der Waals surface area contributed by atoms with Crippen LogP contribution in [0.3, 0.4) is 0 Å². The molecule has 1 N–H and O–H groups in total. The molecule has 3 rings (SSSR count). The molecule has 1 unspecified atom stereocenters. The highest BCUT2D eigenvalue weighted by Gasteiger charge is 2.30. The second-order valence-electron chi connectivity index (χ2n) is 8.19. The van der Waals surface area contributed by atoms with Crippen molar-refractivity contribution in [1.82, 2.24) is 10.2 Å². The summed E-state index contributed by atoms with van der Waals surface area (Å²) >= 11 is 1.27. The van der Waals surface area contributed by atoms with Crippen LogP contribution in [-0.2, 0) is 28.3 Å². The molecule has 1 atom stereocenters. The summed E-state index contributed by atoms with van der Waals surface area (Å²) < 4.78 is 28.5. The van der Waals surface area contributed by atoms with Crippen molar-refractivity contribution in [1.29, 1.82) is 0 Å². The third-order valence-corrected chi connectivity index (χ3v) is 6.53. The van der Waals surface area contributed by atoms with Gasteiger partial charge in [-0.05, 0) is 29.7 Å². The van der Waals surface area contributed by atoms with Crippen molar-refractivity contribution in [2.75, 3.05) is 12.3 Å². The Hall–Kier alpha value is -3.19. The summed E-state index contributed by atoms with van der Waals surface area (Å²) in [5.74, 6) is -0.984. The molecule has 35 heavy (non-hydrogen) atoms. The first-order valence-corrected chi connectivity index (χ1v) is 12.8. The van der Waals surface area contributed by atoms with Gasteiger partial charge in [0.25, 0.3) is 0 Å². The van der Waals surface area contributed by atoms with Gasteiger partial charge < -0.3 is 10.2 Å². The van der Waals surface area contributed by atoms with Crippen molar-refractivity contribution in [2.45, 2.75) is 38.1 Å². The molecule has 0 fully saturated rings. The number of halogens is 2. The summed E-state index contributed by atoms with van der Waals surface area (Å²) in [6.45, 7) is 2.39. The first kappa shape index (κ1) is 26.4. The number of carbonyl (C=O) groups excluding carboxylic acids is 2. The minimum absolute atomic E-state index is 0.0368. The maximum atomic E-state index is 14.5. The third kappa shape index (κ3) is 7.92. The molecule has 0 aliphatic rings. The van der Waals surface area contributed by atoms with Crippen LogP contribution in [0.25, 0.3) is 0 Å². The fourth-order valence-electron chi connectivity index (χ4n) is 3.68. The van der Waals surface area contributed by atoms with Crippen molar-refractivity contribution >= 4 is 23.6 Å². The van der Waals surface area contributed by atoms with E-state index in [1.807, 2.05) is 37.3 Å². The van der Waals surface area contributed by atoms with Crippen LogP contribution in [-0.4, -0.2) is 35.1 Å². The Morgan fingerprint density at radius 3 is 2.11 bits per heavy atom. The molecule has 0 saturated carbocycles. The number of amides is 2. The molecule has 7 heteroatoms. The predicted octanol–water partition coefficient (Wildman–Crippen LogP) is 5.36. The molecule has 3 aromatic carbocycles. The summed E-state index contributed by atoms with van der Waals surface area (Å²) in [6.07, 6.45) is 1.05. The summed E-state index contributed by atoms with van der Waals surface area (Å²) in [6, 6.07) is 21.3. The summed E-state index contributed by atoms with van der Waals surface area (Å²) in [5.41, 5.74) is 1.74. The Bertz CT molecular complexity index is 1110. The molecule has 0 heterocycles. The highest BCUT2D eigenvalue weighted by Crippen LogP contribution is 2.20. The molecule has 2 amide bonds. The van der Waals surface area contributed by atoms with E-state index in [2.05, 4.69) is 5.32 Å². The van der Waals surface area contributed by atoms with Gasteiger partial charge in [0.1, 0.15) is 17.7 Å². The molecule has 0 spiro atoms. The average Bonchev–Trinajstić information content (AvgIpc) is 2.87. The molecular formula is C28H30F2N2O2S. The fourth-order valence-corrected chi connectivity index (χ4v) is 4.57. The van der Waals surface area contributed by atoms with Crippen LogP contribution in [0.5, 0.6) is 0 Å². The van der Waals surface area contributed by atoms with Gasteiger partial charge in [0, 0.05) is 30.8 Å². The van der Waals surface area contributed by atoms with Crippen molar-refractivity contribution in [3.8, 4) is 0 Å². The minimum atomic E-state index is -0.815. The first-order valence-electron chi connectivity index (χ1n) is 11.6. The lowest BCUT2D eigenvalue weighted by molar-refractivity contribution is -0.139. The Kier molecular flexibility index (Phi) is 10.3. The molecule has 184 valence electrons. The number of carbonyl (C=O) groups is 2. The zero-order valence-electron chi connectivity index (χ0n) is 19.8. The van der Waals surface area contributed by atoms with Gasteiger partial charge in [0.15, 0.2) is 0 Å². The number of nitrogens with zero attached hydrogens (tertiary/aromatic N) is 1. The Morgan fingerprint density at radius 1 is 0.886 bits per heavy atom. The largest absolute Gasteiger partial charge is 0.354 e. The smallest absolute Gasteiger partial charge is 0.243 e. The Labute approximate surface area is 209 Å². The van der Waals surface area contributed by atoms with Gasteiger partial charge in [-0.25, -0.2) is 8.78 Å². The van der Waals surface area contributed by atoms with E-state index in [1.54, 1.807) is 36.4 Å². The van der Waals surface area contributed by atoms with Crippen LogP contribution < -0.4 is 5.32 Å². The summed E-state index contributed by atoms with van der Waals surface area (Å²) in [7, 11) is 0. The van der Waals surface area contributed by atoms with Gasteiger partial charge in [-0.15, -0.1) is 11.8 Å². The SMILES string of the molecule is CCCNC(=O)C(Cc1ccccc1)N(Cc1ccccc1F)C(=O)CSCc1ccccc1F. The normalized spacial score (nSPS) is 11.6. The monoisotopic (exact) mass is 496 g/mol. The van der Waals surface area contributed by atoms with Crippen LogP contribution >= 0.6 is 11.8 Å². The van der Waals surface area contributed by atoms with E-state index in [0.29, 0.717) is 29.8 Å². The minimum Gasteiger partial charge on any atom is -0.354 e. The molecule has 0 bridgehead atoms. The van der Waals surface area contributed by atoms with E-state index in [1.165, 1.54) is 28.8 Å². The van der Waals surface area contributed by atoms with Crippen LogP contribution in [0, 0.1) is 11.6 Å². The number of thioether (sulfide) groups is 1. The predicted molar refractivity (Wildman–Crippen MR) is 137 cm³/mol. The van der Waals surface area contributed by atoms with Crippen LogP contribution in [0.2, 0.25) is 0 Å². The quantitative estimate of drug-likeness (QED) is 0.367. The van der Waals surface area contributed by atoms with Gasteiger partial charge in [-0.3, -0.25) is 9.59 Å². The number of rotatable bonds is 12. The molecule has 0 aliphatic heterocycles. The second kappa shape index (κ2) is 13.6. The van der Waals surface area contributed by atoms with Gasteiger partial charge in [0.05, 0.1) is 5.75 Å². The molecule has 0 radical (unpaired) electrons. The van der Waals surface area contributed by atoms with E-state index in [0.717, 1.165) is 12.0 Å². The molecule has 3 aromatic rings. The Balaban J connectivity index is 1.85. The number of hydrogen-bond acceptors (Lipinski definition) is 3. The highest BCUT2D eigenvalue weighted by atomic mass is 32.2. The molecule has 0 aromatic heterocycles. The third-order valence-electron chi connectivity index (χ3n) is 5.56. The van der Waals surface area contributed by atoms with E-state index in [4.69, 9.17) is 0 Å². The second-order valence-corrected chi connectivity index (χ2v) is 9.18. The van der Waals surface area contributed by atoms with E-state index in [9.17, 15) is 18.4 Å². The summed E-state index contributed by atoms with van der Waals surface area (Å²) in [5, 5.41) is 2.89. The van der Waals surface area contributed by atoms with E-state index >= 15 is 0 Å². The van der Waals surface area contributed by atoms with Crippen LogP contribution in [0.15, 0.2) is 78.9 Å². The average molecular weight is 497 g/mol. The molecule has 4 nitrogen and oxygen atoms in total. The van der Waals surface area contributed by atoms with Gasteiger partial charge in [0.2, 0.25) is 11.8 Å². The van der Waals surface area contributed by atoms with E-state index in [-0.39, 0.29) is 29.9 Å². The fraction of sp³-hybridized carbons (Fsp3) is 0.286. The van der Waals surface area contributed by atoms with Gasteiger partial charge >= 0.3 is 0 Å². The van der Waals surface area contributed by atoms with E-state index < -0.39 is 11.9 Å². The van der Waals surface area contributed by atoms with Crippen LogP contribution in [0.1, 0.15) is 30.0 Å². The highest BCUT2D eigenvalue weighted by molar-refractivity contribution is 7.99. The van der Waals surface area contributed by atoms with Crippen LogP contribution in [0.4, 0.5) is 8.78 Å². The number of hydrogen-bond donors (Lipinski definition) is 1. The van der Waals surface area contributed by atoms with Crippen molar-refractivity contribution in [3.05, 3.63) is 107 Å². The lowest BCUT2D eigenvalue weighted by atomic mass is 10.0. The van der Waals surface area contributed by atoms with Crippen molar-refractivity contribution in [2.24, 2.45) is 0 Å². The summed E-state index contributed by atoms with van der Waals surface area (Å²) in [4.78, 5) is 28.1. The zero-order valence-corrected chi connectivity index (χ0v) is 20.6. The van der Waals surface area contributed by atoms with Crippen molar-refractivity contribution in [3.63, 3.8) is 0 Å². The Morgan fingerprint density at radius 2 is 1.49 bits per heavy atom. The van der Waals surface area contributed by atoms with Crippen molar-refractivity contribution < 1.29 is 18.4 Å². The number of benzene rings is 3. The standard InChI is InChI=1S/C28H30F2N2O2S/c1-2-16-31-28(34)26(17-21-10-4-3-5-11-21)32(18-22-12-6-8-14-24(22)29)27(33)20-35-19-23-13-7-9-15-25(23)30/h3-15,26H,2,16-20H2,1H3,(H,31,34). The first-order chi connectivity index (χ1) is 17.0. The van der Waals surface area contributed by atoms with Gasteiger partial charge in [-0.2, -0.15) is 0 Å². The molecule has 0 saturated heterocycles. The maximum absolute atomic E-state index is 14.5. The van der Waals surface area contributed by atoms with Gasteiger partial charge in [-0.1, -0.05) is 73.7 Å². The molecular weight excluding hydrogens is 466 g/mol. The molecule has 0 aliphatic carbocycles. The lowest BCUT2D eigenvalue weighted by Crippen LogP contribution is -2.51.